The van der Waals surface area contributed by atoms with Crippen LogP contribution in [0.5, 0.6) is 0 Å². The van der Waals surface area contributed by atoms with Gasteiger partial charge in [0.2, 0.25) is 0 Å². The third-order valence-corrected chi connectivity index (χ3v) is 0. The maximum Gasteiger partial charge on any atom is 0 e. The zero-order valence-electron chi connectivity index (χ0n) is 5.89. The number of hydrogen-bond acceptors (Lipinski definition) is 2. The molecule has 13 heavy (non-hydrogen) atoms. The molecule has 0 aromatic rings. The molecule has 0 aromatic heterocycles. The molecule has 0 aliphatic rings. The Balaban J connectivity index is -0.0000000267. The molecule has 0 fully saturated rings. The largest absolute Gasteiger partial charge is 0 e. The molecular formula is H6As2O8Sn3. The van der Waals surface area contributed by atoms with Crippen molar-refractivity contribution >= 4 is 101 Å². The average Bonchev–Trinajstić information content (AvgIpc) is 1.12. The molecule has 6 N–H and O–H groups in total. The number of rotatable bonds is 0. The second-order valence-electron chi connectivity index (χ2n) is 1.03. The molecule has 0 rings (SSSR count). The molecule has 0 saturated heterocycles. The summed E-state index contributed by atoms with van der Waals surface area (Å²) in [5.41, 5.74) is 0. The van der Waals surface area contributed by atoms with Crippen LogP contribution >= 0.6 is 0 Å². The summed E-state index contributed by atoms with van der Waals surface area (Å²) < 4.78 is 61.4. The van der Waals surface area contributed by atoms with Crippen LogP contribution in [0.4, 0.5) is 0 Å². The van der Waals surface area contributed by atoms with Crippen LogP contribution in [0, 0.1) is 0 Å². The van der Waals surface area contributed by atoms with E-state index < -0.39 is 29.0 Å². The van der Waals surface area contributed by atoms with Gasteiger partial charge in [0, 0.05) is 71.7 Å². The molecule has 13 heteroatoms. The summed E-state index contributed by atoms with van der Waals surface area (Å²) in [6, 6.07) is 0. The van der Waals surface area contributed by atoms with E-state index in [4.69, 9.17) is 32.1 Å². The van der Waals surface area contributed by atoms with Gasteiger partial charge in [0.15, 0.2) is 0 Å². The van der Waals surface area contributed by atoms with E-state index in [9.17, 15) is 0 Å². The van der Waals surface area contributed by atoms with Crippen molar-refractivity contribution in [2.45, 2.75) is 0 Å². The van der Waals surface area contributed by atoms with Gasteiger partial charge in [-0.1, -0.05) is 0 Å². The fourth-order valence-corrected chi connectivity index (χ4v) is 0. The van der Waals surface area contributed by atoms with Crippen molar-refractivity contribution < 1.29 is 32.1 Å². The van der Waals surface area contributed by atoms with Crippen LogP contribution in [0.3, 0.4) is 0 Å². The third kappa shape index (κ3) is 299. The Labute approximate surface area is 131 Å². The van der Waals surface area contributed by atoms with Gasteiger partial charge >= 0.3 is 61.1 Å². The summed E-state index contributed by atoms with van der Waals surface area (Å²) in [4.78, 5) is 0. The van der Waals surface area contributed by atoms with E-state index in [-0.39, 0.29) is 71.7 Å². The van der Waals surface area contributed by atoms with Gasteiger partial charge in [-0.2, -0.15) is 0 Å². The van der Waals surface area contributed by atoms with Gasteiger partial charge < -0.3 is 0 Å². The third-order valence-electron chi connectivity index (χ3n) is 0. The Morgan fingerprint density at radius 3 is 0.538 bits per heavy atom. The smallest absolute Gasteiger partial charge is 0 e. The van der Waals surface area contributed by atoms with Crippen LogP contribution in [0.25, 0.3) is 0 Å². The Morgan fingerprint density at radius 1 is 0.538 bits per heavy atom. The van der Waals surface area contributed by atoms with E-state index >= 15 is 0 Å². The summed E-state index contributed by atoms with van der Waals surface area (Å²) in [7, 11) is 0. The van der Waals surface area contributed by atoms with Gasteiger partial charge in [0.25, 0.3) is 0 Å². The minimum Gasteiger partial charge on any atom is 0 e. The minimum absolute atomic E-state index is 0. The van der Waals surface area contributed by atoms with Crippen molar-refractivity contribution in [3.63, 3.8) is 0 Å². The van der Waals surface area contributed by atoms with Crippen LogP contribution in [0.1, 0.15) is 0 Å². The molecule has 0 amide bonds. The first-order valence-corrected chi connectivity index (χ1v) is 8.13. The fraction of sp³-hybridized carbons (Fsp3) is 0. The fourth-order valence-electron chi connectivity index (χ4n) is 0. The van der Waals surface area contributed by atoms with Gasteiger partial charge in [0.1, 0.15) is 0 Å². The molecule has 0 bridgehead atoms. The van der Waals surface area contributed by atoms with E-state index in [1.807, 2.05) is 0 Å². The summed E-state index contributed by atoms with van der Waals surface area (Å²) in [5.74, 6) is 0. The normalized spacial score (nSPS) is 9.08. The molecule has 0 heterocycles. The quantitative estimate of drug-likeness (QED) is 0.144. The van der Waals surface area contributed by atoms with Crippen molar-refractivity contribution in [2.24, 2.45) is 0 Å². The van der Waals surface area contributed by atoms with Crippen molar-refractivity contribution in [1.82, 2.24) is 0 Å². The molecule has 0 atom stereocenters. The molecule has 0 aliphatic heterocycles. The van der Waals surface area contributed by atoms with Crippen molar-refractivity contribution in [1.29, 1.82) is 0 Å². The number of hydrogen-bond donors (Lipinski definition) is 6. The van der Waals surface area contributed by atoms with E-state index in [0.29, 0.717) is 0 Å². The molecule has 12 radical (unpaired) electrons. The van der Waals surface area contributed by atoms with Gasteiger partial charge in [-0.3, -0.25) is 0 Å². The first-order chi connectivity index (χ1) is 4.00. The standard InChI is InChI=1S/2AsH3O4.3Sn/c2*2-1(3,4)5;;;/h2*(H3,2,3,4,5);;;. The Hall–Kier alpha value is 2.87. The summed E-state index contributed by atoms with van der Waals surface area (Å²) in [5, 5.41) is 0. The van der Waals surface area contributed by atoms with E-state index in [1.54, 1.807) is 0 Å². The summed E-state index contributed by atoms with van der Waals surface area (Å²) in [6.45, 7) is 0. The Morgan fingerprint density at radius 2 is 0.538 bits per heavy atom. The van der Waals surface area contributed by atoms with Gasteiger partial charge in [-0.25, -0.2) is 0 Å². The van der Waals surface area contributed by atoms with Gasteiger partial charge in [0.05, 0.1) is 0 Å². The zero-order chi connectivity index (χ0) is 9.00. The predicted octanol–water partition coefficient (Wildman–Crippen LogP) is -5.48. The molecular weight excluding hydrogens is 634 g/mol. The first kappa shape index (κ1) is 29.7. The molecule has 76 valence electrons. The van der Waals surface area contributed by atoms with Crippen LogP contribution in [0.15, 0.2) is 0 Å². The molecule has 0 spiro atoms. The summed E-state index contributed by atoms with van der Waals surface area (Å²) in [6.07, 6.45) is 0. The van der Waals surface area contributed by atoms with Gasteiger partial charge in [-0.05, 0) is 0 Å². The molecule has 0 unspecified atom stereocenters. The van der Waals surface area contributed by atoms with Crippen LogP contribution in [0.2, 0.25) is 0 Å². The molecule has 0 aliphatic carbocycles. The zero-order valence-corrected chi connectivity index (χ0v) is 18.2. The van der Waals surface area contributed by atoms with E-state index in [0.717, 1.165) is 0 Å². The van der Waals surface area contributed by atoms with Crippen molar-refractivity contribution in [3.05, 3.63) is 0 Å². The first-order valence-electron chi connectivity index (χ1n) is 1.57. The topological polar surface area (TPSA) is 156 Å². The monoisotopic (exact) mass is 644 g/mol. The maximum atomic E-state index is 8.94. The van der Waals surface area contributed by atoms with Crippen LogP contribution in [-0.2, 0) is 7.48 Å². The average molecular weight is 640 g/mol. The second kappa shape index (κ2) is 12.9. The Bertz CT molecular complexity index is 130. The molecule has 8 nitrogen and oxygen atoms in total. The van der Waals surface area contributed by atoms with Crippen LogP contribution < -0.4 is 0 Å². The van der Waals surface area contributed by atoms with Crippen molar-refractivity contribution in [3.8, 4) is 0 Å². The Kier molecular flexibility index (Phi) is 29.6. The van der Waals surface area contributed by atoms with Gasteiger partial charge in [-0.15, -0.1) is 0 Å². The second-order valence-corrected chi connectivity index (χ2v) is 5.33. The maximum absolute atomic E-state index is 8.94. The van der Waals surface area contributed by atoms with Crippen LogP contribution in [-0.4, -0.2) is 125 Å². The van der Waals surface area contributed by atoms with Crippen molar-refractivity contribution in [2.75, 3.05) is 0 Å². The van der Waals surface area contributed by atoms with E-state index in [1.165, 1.54) is 0 Å². The SMILES string of the molecule is O=[As](O)(O)O.O=[As](O)(O)O.[Sn].[Sn].[Sn]. The summed E-state index contributed by atoms with van der Waals surface area (Å²) >= 11 is -10.2. The van der Waals surface area contributed by atoms with E-state index in [2.05, 4.69) is 0 Å². The predicted molar refractivity (Wildman–Crippen MR) is 43.5 cm³/mol. The molecule has 0 saturated carbocycles. The minimum atomic E-state index is -5.12. The molecule has 0 aromatic carbocycles.